The fourth-order valence-electron chi connectivity index (χ4n) is 2.30. The summed E-state index contributed by atoms with van der Waals surface area (Å²) >= 11 is 5.97. The van der Waals surface area contributed by atoms with Crippen LogP contribution >= 0.6 is 11.6 Å². The summed E-state index contributed by atoms with van der Waals surface area (Å²) in [5.74, 6) is 0.598. The number of aryl methyl sites for hydroxylation is 1. The average molecular weight is 299 g/mol. The second-order valence-corrected chi connectivity index (χ2v) is 5.35. The maximum atomic E-state index is 5.97. The Hall–Kier alpha value is -2.26. The highest BCUT2D eigenvalue weighted by atomic mass is 35.5. The van der Waals surface area contributed by atoms with Crippen LogP contribution in [0.1, 0.15) is 11.3 Å². The van der Waals surface area contributed by atoms with Crippen LogP contribution in [-0.4, -0.2) is 4.98 Å². The van der Waals surface area contributed by atoms with Crippen molar-refractivity contribution in [1.82, 2.24) is 4.98 Å². The molecule has 0 aliphatic carbocycles. The van der Waals surface area contributed by atoms with Gasteiger partial charge in [0.15, 0.2) is 0 Å². The fourth-order valence-corrected chi connectivity index (χ4v) is 2.47. The van der Waals surface area contributed by atoms with Crippen molar-refractivity contribution in [3.8, 4) is 5.75 Å². The highest BCUT2D eigenvalue weighted by Crippen LogP contribution is 2.27. The number of nitrogens with two attached hydrogens (primary N) is 1. The van der Waals surface area contributed by atoms with Crippen LogP contribution < -0.4 is 10.5 Å². The number of rotatable bonds is 3. The largest absolute Gasteiger partial charge is 0.487 e. The first-order chi connectivity index (χ1) is 10.1. The zero-order chi connectivity index (χ0) is 14.8. The highest BCUT2D eigenvalue weighted by molar-refractivity contribution is 6.30. The third-order valence-corrected chi connectivity index (χ3v) is 3.52. The molecule has 106 valence electrons. The number of hydrogen-bond acceptors (Lipinski definition) is 3. The Morgan fingerprint density at radius 1 is 1.14 bits per heavy atom. The van der Waals surface area contributed by atoms with E-state index in [0.717, 1.165) is 22.2 Å². The van der Waals surface area contributed by atoms with Crippen LogP contribution in [0, 0.1) is 6.92 Å². The van der Waals surface area contributed by atoms with Crippen LogP contribution in [0.4, 0.5) is 5.69 Å². The van der Waals surface area contributed by atoms with Crippen molar-refractivity contribution in [2.24, 2.45) is 0 Å². The first-order valence-electron chi connectivity index (χ1n) is 6.66. The first-order valence-corrected chi connectivity index (χ1v) is 7.04. The van der Waals surface area contributed by atoms with Gasteiger partial charge in [-0.05, 0) is 31.2 Å². The third kappa shape index (κ3) is 2.93. The van der Waals surface area contributed by atoms with Gasteiger partial charge in [-0.25, -0.2) is 0 Å². The molecule has 1 aromatic heterocycles. The van der Waals surface area contributed by atoms with E-state index in [9.17, 15) is 0 Å². The number of anilines is 1. The molecule has 3 aromatic rings. The second kappa shape index (κ2) is 5.62. The molecule has 0 radical (unpaired) electrons. The van der Waals surface area contributed by atoms with Crippen molar-refractivity contribution in [3.05, 3.63) is 64.8 Å². The molecular weight excluding hydrogens is 284 g/mol. The van der Waals surface area contributed by atoms with Gasteiger partial charge in [0, 0.05) is 27.7 Å². The standard InChI is InChI=1S/C17H15ClN2O/c1-11-8-12(14-4-2-3-5-16(14)20-11)10-21-17-9-13(18)6-7-15(17)19/h2-9H,10,19H2,1H3. The minimum atomic E-state index is 0.425. The van der Waals surface area contributed by atoms with Crippen molar-refractivity contribution < 1.29 is 4.74 Å². The van der Waals surface area contributed by atoms with Gasteiger partial charge in [-0.3, -0.25) is 4.98 Å². The van der Waals surface area contributed by atoms with Gasteiger partial charge < -0.3 is 10.5 Å². The van der Waals surface area contributed by atoms with Crippen LogP contribution in [0.25, 0.3) is 10.9 Å². The summed E-state index contributed by atoms with van der Waals surface area (Å²) < 4.78 is 5.83. The molecular formula is C17H15ClN2O. The molecule has 0 fully saturated rings. The van der Waals surface area contributed by atoms with E-state index in [2.05, 4.69) is 4.98 Å². The highest BCUT2D eigenvalue weighted by Gasteiger charge is 2.06. The van der Waals surface area contributed by atoms with Crippen molar-refractivity contribution in [3.63, 3.8) is 0 Å². The molecule has 0 saturated heterocycles. The lowest BCUT2D eigenvalue weighted by Crippen LogP contribution is -2.01. The normalized spacial score (nSPS) is 10.8. The van der Waals surface area contributed by atoms with E-state index >= 15 is 0 Å². The molecule has 3 rings (SSSR count). The summed E-state index contributed by atoms with van der Waals surface area (Å²) in [6.45, 7) is 2.40. The molecule has 0 atom stereocenters. The number of pyridine rings is 1. The second-order valence-electron chi connectivity index (χ2n) is 4.91. The van der Waals surface area contributed by atoms with Gasteiger partial charge in [0.05, 0.1) is 11.2 Å². The lowest BCUT2D eigenvalue weighted by Gasteiger charge is -2.11. The predicted octanol–water partition coefficient (Wildman–Crippen LogP) is 4.36. The SMILES string of the molecule is Cc1cc(COc2cc(Cl)ccc2N)c2ccccc2n1. The van der Waals surface area contributed by atoms with Crippen molar-refractivity contribution in [2.75, 3.05) is 5.73 Å². The lowest BCUT2D eigenvalue weighted by atomic mass is 10.1. The van der Waals surface area contributed by atoms with E-state index in [4.69, 9.17) is 22.1 Å². The maximum absolute atomic E-state index is 5.97. The van der Waals surface area contributed by atoms with Crippen LogP contribution in [0.15, 0.2) is 48.5 Å². The lowest BCUT2D eigenvalue weighted by molar-refractivity contribution is 0.309. The Labute approximate surface area is 128 Å². The predicted molar refractivity (Wildman–Crippen MR) is 86.7 cm³/mol. The Balaban J connectivity index is 1.93. The number of nitrogens with zero attached hydrogens (tertiary/aromatic N) is 1. The molecule has 0 aliphatic heterocycles. The van der Waals surface area contributed by atoms with Crippen molar-refractivity contribution >= 4 is 28.2 Å². The van der Waals surface area contributed by atoms with E-state index < -0.39 is 0 Å². The first kappa shape index (κ1) is 13.7. The molecule has 0 unspecified atom stereocenters. The molecule has 4 heteroatoms. The number of hydrogen-bond donors (Lipinski definition) is 1. The minimum absolute atomic E-state index is 0.425. The topological polar surface area (TPSA) is 48.1 Å². The molecule has 0 spiro atoms. The van der Waals surface area contributed by atoms with E-state index in [1.165, 1.54) is 0 Å². The van der Waals surface area contributed by atoms with Gasteiger partial charge in [0.2, 0.25) is 0 Å². The zero-order valence-electron chi connectivity index (χ0n) is 11.6. The Morgan fingerprint density at radius 2 is 1.95 bits per heavy atom. The number of para-hydroxylation sites is 1. The number of ether oxygens (including phenoxy) is 1. The number of benzene rings is 2. The molecule has 2 aromatic carbocycles. The zero-order valence-corrected chi connectivity index (χ0v) is 12.4. The molecule has 0 aliphatic rings. The van der Waals surface area contributed by atoms with Gasteiger partial charge in [0.1, 0.15) is 12.4 Å². The maximum Gasteiger partial charge on any atom is 0.144 e. The molecule has 1 heterocycles. The van der Waals surface area contributed by atoms with E-state index in [0.29, 0.717) is 23.1 Å². The molecule has 0 bridgehead atoms. The molecule has 21 heavy (non-hydrogen) atoms. The van der Waals surface area contributed by atoms with Gasteiger partial charge in [-0.15, -0.1) is 0 Å². The number of aromatic nitrogens is 1. The van der Waals surface area contributed by atoms with Crippen molar-refractivity contribution in [2.45, 2.75) is 13.5 Å². The van der Waals surface area contributed by atoms with Gasteiger partial charge in [-0.2, -0.15) is 0 Å². The quantitative estimate of drug-likeness (QED) is 0.731. The number of nitrogen functional groups attached to an aromatic ring is 1. The Morgan fingerprint density at radius 3 is 2.81 bits per heavy atom. The summed E-state index contributed by atoms with van der Waals surface area (Å²) in [7, 11) is 0. The monoisotopic (exact) mass is 298 g/mol. The smallest absolute Gasteiger partial charge is 0.144 e. The minimum Gasteiger partial charge on any atom is -0.487 e. The molecule has 0 amide bonds. The summed E-state index contributed by atoms with van der Waals surface area (Å²) in [5, 5.41) is 1.69. The van der Waals surface area contributed by atoms with E-state index in [1.807, 2.05) is 37.3 Å². The van der Waals surface area contributed by atoms with Gasteiger partial charge in [0.25, 0.3) is 0 Å². The average Bonchev–Trinajstić information content (AvgIpc) is 2.47. The third-order valence-electron chi connectivity index (χ3n) is 3.29. The van der Waals surface area contributed by atoms with Crippen LogP contribution in [-0.2, 0) is 6.61 Å². The van der Waals surface area contributed by atoms with Gasteiger partial charge in [-0.1, -0.05) is 29.8 Å². The van der Waals surface area contributed by atoms with E-state index in [-0.39, 0.29) is 0 Å². The van der Waals surface area contributed by atoms with Gasteiger partial charge >= 0.3 is 0 Å². The number of fused-ring (bicyclic) bond motifs is 1. The molecule has 2 N–H and O–H groups in total. The van der Waals surface area contributed by atoms with Crippen molar-refractivity contribution in [1.29, 1.82) is 0 Å². The fraction of sp³-hybridized carbons (Fsp3) is 0.118. The van der Waals surface area contributed by atoms with E-state index in [1.54, 1.807) is 18.2 Å². The summed E-state index contributed by atoms with van der Waals surface area (Å²) in [5.41, 5.74) is 9.49. The van der Waals surface area contributed by atoms with Crippen LogP contribution in [0.3, 0.4) is 0 Å². The van der Waals surface area contributed by atoms with Crippen LogP contribution in [0.5, 0.6) is 5.75 Å². The molecule has 3 nitrogen and oxygen atoms in total. The summed E-state index contributed by atoms with van der Waals surface area (Å²) in [6.07, 6.45) is 0. The number of halogens is 1. The molecule has 0 saturated carbocycles. The Kier molecular flexibility index (Phi) is 3.67. The van der Waals surface area contributed by atoms with Crippen LogP contribution in [0.2, 0.25) is 5.02 Å². The summed E-state index contributed by atoms with van der Waals surface area (Å²) in [6, 6.07) is 15.3. The Bertz CT molecular complexity index is 802. The summed E-state index contributed by atoms with van der Waals surface area (Å²) in [4.78, 5) is 4.52.